The predicted molar refractivity (Wildman–Crippen MR) is 73.9 cm³/mol. The standard InChI is InChI=1S/C14H18FNO2S/c1-2-16-14(13(17)18)8-7-10(9-14)19-12-6-4-3-5-11(12)15/h3-6,10,16H,2,7-9H2,1H3,(H,17,18). The van der Waals surface area contributed by atoms with Crippen molar-refractivity contribution in [3.05, 3.63) is 30.1 Å². The number of thioether (sulfide) groups is 1. The molecule has 1 saturated carbocycles. The van der Waals surface area contributed by atoms with Crippen LogP contribution in [0.1, 0.15) is 26.2 Å². The highest BCUT2D eigenvalue weighted by Crippen LogP contribution is 2.41. The lowest BCUT2D eigenvalue weighted by molar-refractivity contribution is -0.144. The smallest absolute Gasteiger partial charge is 0.323 e. The minimum absolute atomic E-state index is 0.145. The Bertz CT molecular complexity index is 469. The molecule has 19 heavy (non-hydrogen) atoms. The van der Waals surface area contributed by atoms with Gasteiger partial charge in [0.15, 0.2) is 0 Å². The molecular weight excluding hydrogens is 265 g/mol. The summed E-state index contributed by atoms with van der Waals surface area (Å²) in [5, 5.41) is 12.6. The van der Waals surface area contributed by atoms with Crippen molar-refractivity contribution in [3.63, 3.8) is 0 Å². The number of benzene rings is 1. The fourth-order valence-corrected chi connectivity index (χ4v) is 3.89. The monoisotopic (exact) mass is 283 g/mol. The Labute approximate surface area is 116 Å². The highest BCUT2D eigenvalue weighted by molar-refractivity contribution is 8.00. The molecule has 0 aliphatic heterocycles. The molecule has 0 radical (unpaired) electrons. The molecule has 1 aliphatic rings. The van der Waals surface area contributed by atoms with Gasteiger partial charge in [0.25, 0.3) is 0 Å². The normalized spacial score (nSPS) is 26.5. The number of likely N-dealkylation sites (N-methyl/N-ethyl adjacent to an activating group) is 1. The molecular formula is C14H18FNO2S. The molecule has 0 saturated heterocycles. The second-order valence-electron chi connectivity index (χ2n) is 4.83. The molecule has 0 bridgehead atoms. The molecule has 5 heteroatoms. The number of nitrogens with one attached hydrogen (secondary N) is 1. The third-order valence-corrected chi connectivity index (χ3v) is 4.84. The minimum atomic E-state index is -0.836. The average molecular weight is 283 g/mol. The molecule has 2 atom stereocenters. The first-order chi connectivity index (χ1) is 9.07. The van der Waals surface area contributed by atoms with E-state index in [2.05, 4.69) is 5.32 Å². The maximum absolute atomic E-state index is 13.6. The fourth-order valence-electron chi connectivity index (χ4n) is 2.59. The second kappa shape index (κ2) is 5.92. The number of carboxylic acids is 1. The zero-order valence-electron chi connectivity index (χ0n) is 10.9. The molecule has 0 amide bonds. The van der Waals surface area contributed by atoms with Crippen LogP contribution in [0.5, 0.6) is 0 Å². The second-order valence-corrected chi connectivity index (χ2v) is 6.17. The third kappa shape index (κ3) is 3.09. The molecule has 1 aromatic carbocycles. The van der Waals surface area contributed by atoms with Crippen molar-refractivity contribution in [3.8, 4) is 0 Å². The van der Waals surface area contributed by atoms with Crippen molar-refractivity contribution in [2.24, 2.45) is 0 Å². The summed E-state index contributed by atoms with van der Waals surface area (Å²) in [6, 6.07) is 6.64. The molecule has 104 valence electrons. The van der Waals surface area contributed by atoms with Gasteiger partial charge in [0, 0.05) is 10.1 Å². The zero-order valence-corrected chi connectivity index (χ0v) is 11.7. The van der Waals surface area contributed by atoms with Gasteiger partial charge in [0.1, 0.15) is 11.4 Å². The van der Waals surface area contributed by atoms with Crippen LogP contribution in [0.3, 0.4) is 0 Å². The van der Waals surface area contributed by atoms with Crippen LogP contribution in [0.15, 0.2) is 29.2 Å². The van der Waals surface area contributed by atoms with Crippen molar-refractivity contribution >= 4 is 17.7 Å². The van der Waals surface area contributed by atoms with E-state index in [9.17, 15) is 14.3 Å². The summed E-state index contributed by atoms with van der Waals surface area (Å²) in [4.78, 5) is 12.0. The Kier molecular flexibility index (Phi) is 4.47. The molecule has 0 spiro atoms. The third-order valence-electron chi connectivity index (χ3n) is 3.52. The summed E-state index contributed by atoms with van der Waals surface area (Å²) in [5.41, 5.74) is -0.836. The molecule has 1 aromatic rings. The largest absolute Gasteiger partial charge is 0.480 e. The molecule has 3 nitrogen and oxygen atoms in total. The molecule has 0 aromatic heterocycles. The summed E-state index contributed by atoms with van der Waals surface area (Å²) < 4.78 is 13.6. The SMILES string of the molecule is CCNC1(C(=O)O)CCC(Sc2ccccc2F)C1. The molecule has 1 fully saturated rings. The van der Waals surface area contributed by atoms with Crippen LogP contribution in [0.2, 0.25) is 0 Å². The van der Waals surface area contributed by atoms with Gasteiger partial charge in [-0.3, -0.25) is 4.79 Å². The van der Waals surface area contributed by atoms with Crippen molar-refractivity contribution in [1.29, 1.82) is 0 Å². The van der Waals surface area contributed by atoms with E-state index in [1.54, 1.807) is 18.2 Å². The summed E-state index contributed by atoms with van der Waals surface area (Å²) in [7, 11) is 0. The molecule has 2 N–H and O–H groups in total. The molecule has 2 rings (SSSR count). The zero-order chi connectivity index (χ0) is 13.9. The topological polar surface area (TPSA) is 49.3 Å². The quantitative estimate of drug-likeness (QED) is 0.872. The van der Waals surface area contributed by atoms with Gasteiger partial charge in [-0.05, 0) is 37.9 Å². The number of hydrogen-bond donors (Lipinski definition) is 2. The van der Waals surface area contributed by atoms with E-state index in [0.717, 1.165) is 6.42 Å². The maximum atomic E-state index is 13.6. The summed E-state index contributed by atoms with van der Waals surface area (Å²) >= 11 is 1.45. The van der Waals surface area contributed by atoms with Gasteiger partial charge < -0.3 is 10.4 Å². The lowest BCUT2D eigenvalue weighted by Gasteiger charge is -2.25. The van der Waals surface area contributed by atoms with Crippen LogP contribution in [-0.4, -0.2) is 28.4 Å². The maximum Gasteiger partial charge on any atom is 0.323 e. The lowest BCUT2D eigenvalue weighted by Crippen LogP contribution is -2.50. The van der Waals surface area contributed by atoms with E-state index in [1.807, 2.05) is 6.92 Å². The number of rotatable bonds is 5. The van der Waals surface area contributed by atoms with Gasteiger partial charge in [-0.25, -0.2) is 4.39 Å². The van der Waals surface area contributed by atoms with E-state index in [1.165, 1.54) is 17.8 Å². The summed E-state index contributed by atoms with van der Waals surface area (Å²) in [5.74, 6) is -1.03. The first kappa shape index (κ1) is 14.3. The van der Waals surface area contributed by atoms with Gasteiger partial charge in [0.05, 0.1) is 0 Å². The minimum Gasteiger partial charge on any atom is -0.480 e. The number of aliphatic carboxylic acids is 1. The van der Waals surface area contributed by atoms with Crippen LogP contribution in [0, 0.1) is 5.82 Å². The van der Waals surface area contributed by atoms with Crippen molar-refractivity contribution in [2.75, 3.05) is 6.54 Å². The first-order valence-corrected chi connectivity index (χ1v) is 7.35. The Hall–Kier alpha value is -1.07. The molecule has 0 heterocycles. The van der Waals surface area contributed by atoms with Gasteiger partial charge >= 0.3 is 5.97 Å². The van der Waals surface area contributed by atoms with Crippen molar-refractivity contribution < 1.29 is 14.3 Å². The highest BCUT2D eigenvalue weighted by atomic mass is 32.2. The summed E-state index contributed by atoms with van der Waals surface area (Å²) in [6.07, 6.45) is 1.93. The van der Waals surface area contributed by atoms with Crippen LogP contribution in [-0.2, 0) is 4.79 Å². The van der Waals surface area contributed by atoms with Crippen LogP contribution < -0.4 is 5.32 Å². The van der Waals surface area contributed by atoms with E-state index < -0.39 is 11.5 Å². The van der Waals surface area contributed by atoms with E-state index >= 15 is 0 Å². The lowest BCUT2D eigenvalue weighted by atomic mass is 9.98. The number of carbonyl (C=O) groups is 1. The van der Waals surface area contributed by atoms with Crippen molar-refractivity contribution in [1.82, 2.24) is 5.32 Å². The molecule has 1 aliphatic carbocycles. The first-order valence-electron chi connectivity index (χ1n) is 6.47. The number of carboxylic acid groups (broad SMARTS) is 1. The Balaban J connectivity index is 2.06. The predicted octanol–water partition coefficient (Wildman–Crippen LogP) is 2.90. The van der Waals surface area contributed by atoms with Crippen LogP contribution >= 0.6 is 11.8 Å². The van der Waals surface area contributed by atoms with Crippen molar-refractivity contribution in [2.45, 2.75) is 41.9 Å². The fraction of sp³-hybridized carbons (Fsp3) is 0.500. The van der Waals surface area contributed by atoms with Crippen LogP contribution in [0.4, 0.5) is 4.39 Å². The Morgan fingerprint density at radius 2 is 2.32 bits per heavy atom. The highest BCUT2D eigenvalue weighted by Gasteiger charge is 2.45. The summed E-state index contributed by atoms with van der Waals surface area (Å²) in [6.45, 7) is 2.53. The Morgan fingerprint density at radius 3 is 2.95 bits per heavy atom. The average Bonchev–Trinajstić information content (AvgIpc) is 2.77. The number of halogens is 1. The number of hydrogen-bond acceptors (Lipinski definition) is 3. The van der Waals surface area contributed by atoms with Gasteiger partial charge in [0.2, 0.25) is 0 Å². The van der Waals surface area contributed by atoms with Gasteiger partial charge in [-0.15, -0.1) is 11.8 Å². The van der Waals surface area contributed by atoms with E-state index in [4.69, 9.17) is 0 Å². The Morgan fingerprint density at radius 1 is 1.58 bits per heavy atom. The van der Waals surface area contributed by atoms with E-state index in [0.29, 0.717) is 24.3 Å². The molecule has 2 unspecified atom stereocenters. The van der Waals surface area contributed by atoms with E-state index in [-0.39, 0.29) is 11.1 Å². The van der Waals surface area contributed by atoms with Crippen LogP contribution in [0.25, 0.3) is 0 Å². The van der Waals surface area contributed by atoms with Gasteiger partial charge in [-0.2, -0.15) is 0 Å². The van der Waals surface area contributed by atoms with Gasteiger partial charge in [-0.1, -0.05) is 19.1 Å².